The number of rotatable bonds is 5. The maximum absolute atomic E-state index is 11.7. The second kappa shape index (κ2) is 5.32. The fraction of sp³-hybridized carbons (Fsp3) is 0.455. The van der Waals surface area contributed by atoms with Gasteiger partial charge < -0.3 is 5.11 Å². The minimum absolute atomic E-state index is 0.0493. The zero-order valence-corrected chi connectivity index (χ0v) is 10.3. The quantitative estimate of drug-likeness (QED) is 0.827. The molecule has 0 aliphatic rings. The molecule has 0 aromatic heterocycles. The third-order valence-corrected chi connectivity index (χ3v) is 3.60. The van der Waals surface area contributed by atoms with E-state index in [1.54, 1.807) is 0 Å². The summed E-state index contributed by atoms with van der Waals surface area (Å²) in [5.41, 5.74) is 0. The van der Waals surface area contributed by atoms with E-state index in [0.717, 1.165) is 6.42 Å². The van der Waals surface area contributed by atoms with Crippen LogP contribution >= 0.6 is 0 Å². The molecule has 0 heterocycles. The Kier molecular flexibility index (Phi) is 4.32. The average Bonchev–Trinajstić information content (AvgIpc) is 2.16. The van der Waals surface area contributed by atoms with Gasteiger partial charge in [-0.15, -0.1) is 0 Å². The lowest BCUT2D eigenvalue weighted by atomic mass is 10.1. The smallest absolute Gasteiger partial charge is 0.240 e. The first kappa shape index (κ1) is 13.0. The van der Waals surface area contributed by atoms with E-state index >= 15 is 0 Å². The van der Waals surface area contributed by atoms with Crippen LogP contribution in [0, 0.1) is 5.92 Å². The number of phenolic OH excluding ortho intramolecular Hbond substituents is 1. The predicted octanol–water partition coefficient (Wildman–Crippen LogP) is 1.72. The Morgan fingerprint density at radius 2 is 2.06 bits per heavy atom. The summed E-state index contributed by atoms with van der Waals surface area (Å²) in [5.74, 6) is 0.401. The third-order valence-electron chi connectivity index (χ3n) is 2.14. The van der Waals surface area contributed by atoms with Crippen LogP contribution in [0.4, 0.5) is 0 Å². The lowest BCUT2D eigenvalue weighted by Gasteiger charge is -2.08. The van der Waals surface area contributed by atoms with Gasteiger partial charge in [0, 0.05) is 6.54 Å². The molecule has 0 aliphatic carbocycles. The highest BCUT2D eigenvalue weighted by Gasteiger charge is 2.13. The molecule has 1 rings (SSSR count). The van der Waals surface area contributed by atoms with E-state index in [9.17, 15) is 13.5 Å². The van der Waals surface area contributed by atoms with E-state index < -0.39 is 10.0 Å². The van der Waals surface area contributed by atoms with Crippen LogP contribution in [0.5, 0.6) is 5.75 Å². The second-order valence-corrected chi connectivity index (χ2v) is 5.84. The molecular weight excluding hydrogens is 226 g/mol. The molecule has 5 heteroatoms. The van der Waals surface area contributed by atoms with E-state index in [4.69, 9.17) is 0 Å². The van der Waals surface area contributed by atoms with Gasteiger partial charge in [0.25, 0.3) is 0 Å². The highest BCUT2D eigenvalue weighted by Crippen LogP contribution is 2.15. The van der Waals surface area contributed by atoms with Crippen molar-refractivity contribution in [1.29, 1.82) is 0 Å². The molecule has 4 nitrogen and oxygen atoms in total. The van der Waals surface area contributed by atoms with Crippen LogP contribution in [0.2, 0.25) is 0 Å². The molecule has 2 N–H and O–H groups in total. The summed E-state index contributed by atoms with van der Waals surface area (Å²) >= 11 is 0. The summed E-state index contributed by atoms with van der Waals surface area (Å²) in [6, 6.07) is 5.63. The molecule has 0 saturated heterocycles. The average molecular weight is 243 g/mol. The molecule has 0 fully saturated rings. The standard InChI is InChI=1S/C11H17NO3S/c1-9(2)6-7-12-16(14,15)11-5-3-4-10(13)8-11/h3-5,8-9,12-13H,6-7H2,1-2H3. The van der Waals surface area contributed by atoms with Crippen LogP contribution in [0.25, 0.3) is 0 Å². The molecule has 0 amide bonds. The lowest BCUT2D eigenvalue weighted by Crippen LogP contribution is -2.25. The van der Waals surface area contributed by atoms with Crippen molar-refractivity contribution in [2.24, 2.45) is 5.92 Å². The van der Waals surface area contributed by atoms with Crippen molar-refractivity contribution in [3.63, 3.8) is 0 Å². The summed E-state index contributed by atoms with van der Waals surface area (Å²) in [5, 5.41) is 9.20. The van der Waals surface area contributed by atoms with Crippen LogP contribution in [0.1, 0.15) is 20.3 Å². The van der Waals surface area contributed by atoms with Gasteiger partial charge in [-0.05, 0) is 30.5 Å². The SMILES string of the molecule is CC(C)CCNS(=O)(=O)c1cccc(O)c1. The minimum Gasteiger partial charge on any atom is -0.508 e. The Bertz CT molecular complexity index is 440. The van der Waals surface area contributed by atoms with Gasteiger partial charge in [0.05, 0.1) is 4.90 Å². The van der Waals surface area contributed by atoms with E-state index in [1.165, 1.54) is 24.3 Å². The molecule has 1 aromatic rings. The topological polar surface area (TPSA) is 66.4 Å². The first-order valence-electron chi connectivity index (χ1n) is 5.20. The van der Waals surface area contributed by atoms with Crippen molar-refractivity contribution in [3.05, 3.63) is 24.3 Å². The minimum atomic E-state index is -3.49. The Balaban J connectivity index is 2.71. The van der Waals surface area contributed by atoms with E-state index in [1.807, 2.05) is 13.8 Å². The second-order valence-electron chi connectivity index (χ2n) is 4.08. The predicted molar refractivity (Wildman–Crippen MR) is 62.8 cm³/mol. The molecule has 16 heavy (non-hydrogen) atoms. The van der Waals surface area contributed by atoms with Gasteiger partial charge in [-0.25, -0.2) is 13.1 Å². The molecular formula is C11H17NO3S. The van der Waals surface area contributed by atoms with Gasteiger partial charge in [0.15, 0.2) is 0 Å². The zero-order chi connectivity index (χ0) is 12.2. The molecule has 0 bridgehead atoms. The van der Waals surface area contributed by atoms with Crippen molar-refractivity contribution >= 4 is 10.0 Å². The van der Waals surface area contributed by atoms with Crippen molar-refractivity contribution in [3.8, 4) is 5.75 Å². The normalized spacial score (nSPS) is 11.9. The number of benzene rings is 1. The number of hydrogen-bond acceptors (Lipinski definition) is 3. The highest BCUT2D eigenvalue weighted by molar-refractivity contribution is 7.89. The van der Waals surface area contributed by atoms with Crippen LogP contribution in [-0.2, 0) is 10.0 Å². The van der Waals surface area contributed by atoms with E-state index in [0.29, 0.717) is 12.5 Å². The van der Waals surface area contributed by atoms with Gasteiger partial charge in [-0.1, -0.05) is 19.9 Å². The first-order chi connectivity index (χ1) is 7.42. The van der Waals surface area contributed by atoms with Crippen LogP contribution < -0.4 is 4.72 Å². The molecule has 0 aliphatic heterocycles. The Hall–Kier alpha value is -1.07. The maximum atomic E-state index is 11.7. The highest BCUT2D eigenvalue weighted by atomic mass is 32.2. The fourth-order valence-corrected chi connectivity index (χ4v) is 2.30. The monoisotopic (exact) mass is 243 g/mol. The number of aromatic hydroxyl groups is 1. The van der Waals surface area contributed by atoms with Gasteiger partial charge in [0.2, 0.25) is 10.0 Å². The van der Waals surface area contributed by atoms with Crippen molar-refractivity contribution in [2.75, 3.05) is 6.54 Å². The van der Waals surface area contributed by atoms with Crippen LogP contribution in [0.3, 0.4) is 0 Å². The Morgan fingerprint density at radius 3 is 2.62 bits per heavy atom. The summed E-state index contributed by atoms with van der Waals surface area (Å²) in [6.45, 7) is 4.47. The molecule has 0 unspecified atom stereocenters. The Labute approximate surface area is 96.4 Å². The maximum Gasteiger partial charge on any atom is 0.240 e. The number of nitrogens with one attached hydrogen (secondary N) is 1. The molecule has 1 aromatic carbocycles. The molecule has 0 atom stereocenters. The fourth-order valence-electron chi connectivity index (χ4n) is 1.22. The number of hydrogen-bond donors (Lipinski definition) is 2. The van der Waals surface area contributed by atoms with Gasteiger partial charge in [-0.3, -0.25) is 0 Å². The Morgan fingerprint density at radius 1 is 1.38 bits per heavy atom. The summed E-state index contributed by atoms with van der Waals surface area (Å²) in [7, 11) is -3.49. The summed E-state index contributed by atoms with van der Waals surface area (Å²) in [4.78, 5) is 0.0938. The summed E-state index contributed by atoms with van der Waals surface area (Å²) < 4.78 is 26.0. The molecule has 90 valence electrons. The van der Waals surface area contributed by atoms with Crippen molar-refractivity contribution in [1.82, 2.24) is 4.72 Å². The largest absolute Gasteiger partial charge is 0.508 e. The lowest BCUT2D eigenvalue weighted by molar-refractivity contribution is 0.473. The van der Waals surface area contributed by atoms with Gasteiger partial charge >= 0.3 is 0 Å². The van der Waals surface area contributed by atoms with Crippen LogP contribution in [-0.4, -0.2) is 20.1 Å². The molecule has 0 saturated carbocycles. The van der Waals surface area contributed by atoms with Crippen molar-refractivity contribution < 1.29 is 13.5 Å². The third kappa shape index (κ3) is 3.83. The van der Waals surface area contributed by atoms with E-state index in [-0.39, 0.29) is 10.6 Å². The van der Waals surface area contributed by atoms with E-state index in [2.05, 4.69) is 4.72 Å². The van der Waals surface area contributed by atoms with Gasteiger partial charge in [0.1, 0.15) is 5.75 Å². The first-order valence-corrected chi connectivity index (χ1v) is 6.69. The zero-order valence-electron chi connectivity index (χ0n) is 9.47. The summed E-state index contributed by atoms with van der Waals surface area (Å²) in [6.07, 6.45) is 0.790. The van der Waals surface area contributed by atoms with Gasteiger partial charge in [-0.2, -0.15) is 0 Å². The van der Waals surface area contributed by atoms with Crippen molar-refractivity contribution in [2.45, 2.75) is 25.2 Å². The molecule has 0 radical (unpaired) electrons. The number of phenols is 1. The molecule has 0 spiro atoms. The van der Waals surface area contributed by atoms with Crippen LogP contribution in [0.15, 0.2) is 29.2 Å². The number of sulfonamides is 1.